The Bertz CT molecular complexity index is 780. The zero-order chi connectivity index (χ0) is 13.6. The van der Waals surface area contributed by atoms with E-state index in [1.54, 1.807) is 23.9 Å². The number of rotatable bonds is 1. The van der Waals surface area contributed by atoms with Crippen molar-refractivity contribution in [2.75, 3.05) is 0 Å². The standard InChI is InChI=1S/C14H11FN2O2/c1-17-12-5-2-8(15)6-11(12)14(16-17)10-4-3-9(18)7-13(10)19/h2-7,18-19H,1H3. The Morgan fingerprint density at radius 2 is 1.89 bits per heavy atom. The van der Waals surface area contributed by atoms with Crippen LogP contribution in [0, 0.1) is 5.82 Å². The molecule has 0 unspecified atom stereocenters. The molecule has 0 aliphatic rings. The number of nitrogens with zero attached hydrogens (tertiary/aromatic N) is 2. The van der Waals surface area contributed by atoms with Crippen molar-refractivity contribution in [3.63, 3.8) is 0 Å². The molecule has 0 aliphatic heterocycles. The minimum absolute atomic E-state index is 0.0346. The van der Waals surface area contributed by atoms with Gasteiger partial charge in [0, 0.05) is 24.1 Å². The first-order chi connectivity index (χ1) is 9.06. The van der Waals surface area contributed by atoms with Crippen LogP contribution in [0.4, 0.5) is 4.39 Å². The Kier molecular flexibility index (Phi) is 2.41. The smallest absolute Gasteiger partial charge is 0.128 e. The first-order valence-electron chi connectivity index (χ1n) is 5.71. The minimum Gasteiger partial charge on any atom is -0.508 e. The number of hydrogen-bond acceptors (Lipinski definition) is 3. The van der Waals surface area contributed by atoms with E-state index in [1.807, 2.05) is 0 Å². The molecule has 0 radical (unpaired) electrons. The van der Waals surface area contributed by atoms with Crippen molar-refractivity contribution in [1.82, 2.24) is 9.78 Å². The number of hydrogen-bond donors (Lipinski definition) is 2. The molecular weight excluding hydrogens is 247 g/mol. The molecule has 0 amide bonds. The minimum atomic E-state index is -0.361. The normalized spacial score (nSPS) is 11.1. The number of aryl methyl sites for hydroxylation is 1. The van der Waals surface area contributed by atoms with Crippen LogP contribution in [-0.2, 0) is 7.05 Å². The summed E-state index contributed by atoms with van der Waals surface area (Å²) < 4.78 is 15.0. The van der Waals surface area contributed by atoms with Crippen LogP contribution in [0.2, 0.25) is 0 Å². The maximum absolute atomic E-state index is 13.4. The Labute approximate surface area is 108 Å². The molecule has 96 valence electrons. The molecule has 0 saturated carbocycles. The highest BCUT2D eigenvalue weighted by Gasteiger charge is 2.14. The summed E-state index contributed by atoms with van der Waals surface area (Å²) in [6, 6.07) is 8.62. The lowest BCUT2D eigenvalue weighted by Gasteiger charge is -2.02. The summed E-state index contributed by atoms with van der Waals surface area (Å²) in [7, 11) is 1.75. The van der Waals surface area contributed by atoms with Gasteiger partial charge in [-0.3, -0.25) is 4.68 Å². The molecule has 0 bridgehead atoms. The largest absolute Gasteiger partial charge is 0.508 e. The third kappa shape index (κ3) is 1.79. The van der Waals surface area contributed by atoms with E-state index in [1.165, 1.54) is 24.3 Å². The predicted octanol–water partition coefficient (Wildman–Crippen LogP) is 2.79. The molecule has 1 heterocycles. The number of benzene rings is 2. The lowest BCUT2D eigenvalue weighted by molar-refractivity contribution is 0.451. The van der Waals surface area contributed by atoms with E-state index in [9.17, 15) is 14.6 Å². The Balaban J connectivity index is 2.33. The van der Waals surface area contributed by atoms with Crippen LogP contribution in [0.15, 0.2) is 36.4 Å². The van der Waals surface area contributed by atoms with Gasteiger partial charge >= 0.3 is 0 Å². The van der Waals surface area contributed by atoms with Crippen molar-refractivity contribution in [3.8, 4) is 22.8 Å². The van der Waals surface area contributed by atoms with Gasteiger partial charge in [-0.25, -0.2) is 4.39 Å². The summed E-state index contributed by atoms with van der Waals surface area (Å²) in [6.45, 7) is 0. The van der Waals surface area contributed by atoms with Crippen LogP contribution >= 0.6 is 0 Å². The average Bonchev–Trinajstić information content (AvgIpc) is 2.66. The first kappa shape index (κ1) is 11.5. The summed E-state index contributed by atoms with van der Waals surface area (Å²) in [6.07, 6.45) is 0. The van der Waals surface area contributed by atoms with Crippen molar-refractivity contribution < 1.29 is 14.6 Å². The summed E-state index contributed by atoms with van der Waals surface area (Å²) in [5.74, 6) is -0.489. The highest BCUT2D eigenvalue weighted by atomic mass is 19.1. The molecule has 0 atom stereocenters. The molecule has 2 aromatic carbocycles. The molecule has 0 spiro atoms. The molecule has 3 rings (SSSR count). The third-order valence-electron chi connectivity index (χ3n) is 3.05. The topological polar surface area (TPSA) is 58.3 Å². The lowest BCUT2D eigenvalue weighted by Crippen LogP contribution is -1.89. The SMILES string of the molecule is Cn1nc(-c2ccc(O)cc2O)c2cc(F)ccc21. The molecule has 4 nitrogen and oxygen atoms in total. The van der Waals surface area contributed by atoms with Crippen molar-refractivity contribution in [3.05, 3.63) is 42.2 Å². The van der Waals surface area contributed by atoms with Gasteiger partial charge in [0.1, 0.15) is 23.0 Å². The molecule has 1 aromatic heterocycles. The van der Waals surface area contributed by atoms with Crippen LogP contribution in [0.3, 0.4) is 0 Å². The number of phenolic OH excluding ortho intramolecular Hbond substituents is 2. The van der Waals surface area contributed by atoms with Gasteiger partial charge in [0.25, 0.3) is 0 Å². The second-order valence-electron chi connectivity index (χ2n) is 4.34. The first-order valence-corrected chi connectivity index (χ1v) is 5.71. The molecule has 0 fully saturated rings. The van der Waals surface area contributed by atoms with Crippen molar-refractivity contribution >= 4 is 10.9 Å². The zero-order valence-electron chi connectivity index (χ0n) is 10.1. The maximum atomic E-state index is 13.4. The van der Waals surface area contributed by atoms with Crippen LogP contribution in [0.5, 0.6) is 11.5 Å². The van der Waals surface area contributed by atoms with E-state index in [4.69, 9.17) is 0 Å². The van der Waals surface area contributed by atoms with Crippen LogP contribution < -0.4 is 0 Å². The molecule has 5 heteroatoms. The summed E-state index contributed by atoms with van der Waals surface area (Å²) >= 11 is 0. The average molecular weight is 258 g/mol. The molecular formula is C14H11FN2O2. The highest BCUT2D eigenvalue weighted by molar-refractivity contribution is 5.94. The summed E-state index contributed by atoms with van der Waals surface area (Å²) in [4.78, 5) is 0. The number of aromatic nitrogens is 2. The predicted molar refractivity (Wildman–Crippen MR) is 69.4 cm³/mol. The maximum Gasteiger partial charge on any atom is 0.128 e. The van der Waals surface area contributed by atoms with Crippen molar-refractivity contribution in [1.29, 1.82) is 0 Å². The monoisotopic (exact) mass is 258 g/mol. The molecule has 3 aromatic rings. The van der Waals surface area contributed by atoms with Gasteiger partial charge in [0.15, 0.2) is 0 Å². The van der Waals surface area contributed by atoms with Crippen molar-refractivity contribution in [2.24, 2.45) is 7.05 Å². The number of aromatic hydroxyl groups is 2. The van der Waals surface area contributed by atoms with Crippen LogP contribution in [0.25, 0.3) is 22.2 Å². The second-order valence-corrected chi connectivity index (χ2v) is 4.34. The molecule has 19 heavy (non-hydrogen) atoms. The fourth-order valence-electron chi connectivity index (χ4n) is 2.16. The fraction of sp³-hybridized carbons (Fsp3) is 0.0714. The number of halogens is 1. The van der Waals surface area contributed by atoms with Gasteiger partial charge < -0.3 is 10.2 Å². The van der Waals surface area contributed by atoms with Gasteiger partial charge in [-0.2, -0.15) is 5.10 Å². The van der Waals surface area contributed by atoms with E-state index < -0.39 is 0 Å². The van der Waals surface area contributed by atoms with Crippen LogP contribution in [0.1, 0.15) is 0 Å². The van der Waals surface area contributed by atoms with Gasteiger partial charge in [-0.05, 0) is 30.3 Å². The number of phenols is 2. The molecule has 0 saturated heterocycles. The lowest BCUT2D eigenvalue weighted by atomic mass is 10.1. The Morgan fingerprint density at radius 1 is 1.11 bits per heavy atom. The van der Waals surface area contributed by atoms with Gasteiger partial charge in [0.05, 0.1) is 5.52 Å². The second kappa shape index (κ2) is 3.98. The Morgan fingerprint density at radius 3 is 2.63 bits per heavy atom. The van der Waals surface area contributed by atoms with Crippen molar-refractivity contribution in [2.45, 2.75) is 0 Å². The highest BCUT2D eigenvalue weighted by Crippen LogP contribution is 2.35. The van der Waals surface area contributed by atoms with E-state index in [0.717, 1.165) is 5.52 Å². The van der Waals surface area contributed by atoms with E-state index in [0.29, 0.717) is 16.6 Å². The molecule has 0 aliphatic carbocycles. The summed E-state index contributed by atoms with van der Waals surface area (Å²) in [5, 5.41) is 24.1. The van der Waals surface area contributed by atoms with E-state index in [2.05, 4.69) is 5.10 Å². The van der Waals surface area contributed by atoms with E-state index in [-0.39, 0.29) is 17.3 Å². The fourth-order valence-corrected chi connectivity index (χ4v) is 2.16. The van der Waals surface area contributed by atoms with E-state index >= 15 is 0 Å². The summed E-state index contributed by atoms with van der Waals surface area (Å²) in [5.41, 5.74) is 1.70. The van der Waals surface area contributed by atoms with Gasteiger partial charge in [-0.15, -0.1) is 0 Å². The quantitative estimate of drug-likeness (QED) is 0.705. The third-order valence-corrected chi connectivity index (χ3v) is 3.05. The van der Waals surface area contributed by atoms with Gasteiger partial charge in [0.2, 0.25) is 0 Å². The zero-order valence-corrected chi connectivity index (χ0v) is 10.1. The molecule has 2 N–H and O–H groups in total. The van der Waals surface area contributed by atoms with Gasteiger partial charge in [-0.1, -0.05) is 0 Å². The Hall–Kier alpha value is -2.56. The number of fused-ring (bicyclic) bond motifs is 1. The van der Waals surface area contributed by atoms with Crippen LogP contribution in [-0.4, -0.2) is 20.0 Å².